The smallest absolute Gasteiger partial charge is 0.308 e. The van der Waals surface area contributed by atoms with Crippen LogP contribution in [0.25, 0.3) is 0 Å². The van der Waals surface area contributed by atoms with Crippen molar-refractivity contribution in [2.24, 2.45) is 5.92 Å². The van der Waals surface area contributed by atoms with Gasteiger partial charge < -0.3 is 10.4 Å². The number of carboxylic acids is 1. The molecule has 86 valence electrons. The van der Waals surface area contributed by atoms with Gasteiger partial charge in [0.1, 0.15) is 0 Å². The van der Waals surface area contributed by atoms with Crippen LogP contribution in [0.5, 0.6) is 0 Å². The van der Waals surface area contributed by atoms with Gasteiger partial charge in [0.25, 0.3) is 0 Å². The third-order valence-corrected chi connectivity index (χ3v) is 3.82. The lowest BCUT2D eigenvalue weighted by Gasteiger charge is -2.15. The molecule has 2 N–H and O–H groups in total. The summed E-state index contributed by atoms with van der Waals surface area (Å²) < 4.78 is 0. The fraction of sp³-hybridized carbons (Fsp3) is 0.417. The number of hydrogen-bond donors (Lipinski definition) is 2. The lowest BCUT2D eigenvalue weighted by Crippen LogP contribution is -2.20. The van der Waals surface area contributed by atoms with E-state index < -0.39 is 5.97 Å². The van der Waals surface area contributed by atoms with Crippen LogP contribution in [0.4, 0.5) is 0 Å². The lowest BCUT2D eigenvalue weighted by molar-refractivity contribution is -0.141. The average Bonchev–Trinajstić information content (AvgIpc) is 2.78. The van der Waals surface area contributed by atoms with Crippen molar-refractivity contribution in [1.29, 1.82) is 0 Å². The number of rotatable bonds is 3. The van der Waals surface area contributed by atoms with Gasteiger partial charge in [0.15, 0.2) is 0 Å². The number of nitrogens with one attached hydrogen (secondary N) is 1. The quantitative estimate of drug-likeness (QED) is 0.787. The zero-order valence-electron chi connectivity index (χ0n) is 9.14. The predicted molar refractivity (Wildman–Crippen MR) is 65.0 cm³/mol. The van der Waals surface area contributed by atoms with E-state index in [2.05, 4.69) is 17.4 Å². The van der Waals surface area contributed by atoms with Gasteiger partial charge in [-0.1, -0.05) is 12.1 Å². The van der Waals surface area contributed by atoms with Crippen LogP contribution >= 0.6 is 11.8 Å². The van der Waals surface area contributed by atoms with Gasteiger partial charge in [-0.3, -0.25) is 4.79 Å². The van der Waals surface area contributed by atoms with Crippen molar-refractivity contribution in [2.75, 3.05) is 19.3 Å². The van der Waals surface area contributed by atoms with Gasteiger partial charge >= 0.3 is 5.97 Å². The van der Waals surface area contributed by atoms with Crippen molar-refractivity contribution in [3.05, 3.63) is 29.8 Å². The van der Waals surface area contributed by atoms with Crippen LogP contribution in [0.2, 0.25) is 0 Å². The maximum atomic E-state index is 11.1. The molecule has 1 aromatic rings. The van der Waals surface area contributed by atoms with E-state index in [0.717, 1.165) is 12.1 Å². The molecule has 4 heteroatoms. The van der Waals surface area contributed by atoms with E-state index in [1.807, 2.05) is 18.4 Å². The molecule has 1 heterocycles. The van der Waals surface area contributed by atoms with Gasteiger partial charge in [-0.15, -0.1) is 11.8 Å². The predicted octanol–water partition coefficient (Wildman–Crippen LogP) is 1.80. The maximum absolute atomic E-state index is 11.1. The Labute approximate surface area is 99.2 Å². The van der Waals surface area contributed by atoms with Gasteiger partial charge in [0.05, 0.1) is 5.92 Å². The summed E-state index contributed by atoms with van der Waals surface area (Å²) in [5, 5.41) is 12.2. The molecule has 3 nitrogen and oxygen atoms in total. The number of aliphatic carboxylic acids is 1. The summed E-state index contributed by atoms with van der Waals surface area (Å²) in [5.41, 5.74) is 1.12. The summed E-state index contributed by atoms with van der Waals surface area (Å²) in [6, 6.07) is 8.19. The molecule has 0 saturated carbocycles. The van der Waals surface area contributed by atoms with Crippen LogP contribution in [0.3, 0.4) is 0 Å². The molecule has 1 fully saturated rings. The molecule has 1 saturated heterocycles. The molecular weight excluding hydrogens is 222 g/mol. The second-order valence-corrected chi connectivity index (χ2v) is 4.86. The second-order valence-electron chi connectivity index (χ2n) is 3.98. The van der Waals surface area contributed by atoms with E-state index in [4.69, 9.17) is 5.11 Å². The number of hydrogen-bond acceptors (Lipinski definition) is 3. The highest BCUT2D eigenvalue weighted by Gasteiger charge is 2.33. The van der Waals surface area contributed by atoms with Crippen molar-refractivity contribution in [3.63, 3.8) is 0 Å². The van der Waals surface area contributed by atoms with Crippen LogP contribution in [-0.2, 0) is 4.79 Å². The second kappa shape index (κ2) is 4.89. The van der Waals surface area contributed by atoms with Crippen LogP contribution in [0.15, 0.2) is 29.2 Å². The van der Waals surface area contributed by atoms with E-state index in [1.165, 1.54) is 4.90 Å². The molecule has 2 unspecified atom stereocenters. The molecule has 2 atom stereocenters. The van der Waals surface area contributed by atoms with Crippen LogP contribution < -0.4 is 5.32 Å². The minimum atomic E-state index is -0.705. The molecule has 0 amide bonds. The lowest BCUT2D eigenvalue weighted by atomic mass is 9.89. The van der Waals surface area contributed by atoms with Crippen molar-refractivity contribution in [3.8, 4) is 0 Å². The van der Waals surface area contributed by atoms with E-state index in [1.54, 1.807) is 11.8 Å². The molecule has 16 heavy (non-hydrogen) atoms. The Morgan fingerprint density at radius 1 is 1.38 bits per heavy atom. The van der Waals surface area contributed by atoms with E-state index in [9.17, 15) is 4.79 Å². The summed E-state index contributed by atoms with van der Waals surface area (Å²) in [4.78, 5) is 12.3. The van der Waals surface area contributed by atoms with Crippen molar-refractivity contribution >= 4 is 17.7 Å². The monoisotopic (exact) mass is 237 g/mol. The van der Waals surface area contributed by atoms with Gasteiger partial charge in [0, 0.05) is 23.9 Å². The highest BCUT2D eigenvalue weighted by molar-refractivity contribution is 7.98. The molecule has 2 rings (SSSR count). The Kier molecular flexibility index (Phi) is 3.51. The van der Waals surface area contributed by atoms with Crippen LogP contribution in [0, 0.1) is 5.92 Å². The number of benzene rings is 1. The molecule has 1 aliphatic heterocycles. The molecular formula is C12H15NO2S. The molecule has 0 radical (unpaired) electrons. The Bertz CT molecular complexity index is 377. The first-order valence-corrected chi connectivity index (χ1v) is 6.52. The summed E-state index contributed by atoms with van der Waals surface area (Å²) in [6.07, 6.45) is 2.03. The minimum Gasteiger partial charge on any atom is -0.481 e. The standard InChI is InChI=1S/C12H15NO2S/c1-16-9-4-2-8(3-5-9)10-6-13-7-11(10)12(14)15/h2-5,10-11,13H,6-7H2,1H3,(H,14,15). The summed E-state index contributed by atoms with van der Waals surface area (Å²) in [7, 11) is 0. The van der Waals surface area contributed by atoms with Crippen LogP contribution in [-0.4, -0.2) is 30.4 Å². The van der Waals surface area contributed by atoms with E-state index in [0.29, 0.717) is 6.54 Å². The Morgan fingerprint density at radius 3 is 2.62 bits per heavy atom. The molecule has 0 bridgehead atoms. The third-order valence-electron chi connectivity index (χ3n) is 3.08. The zero-order chi connectivity index (χ0) is 11.5. The molecule has 0 spiro atoms. The van der Waals surface area contributed by atoms with Gasteiger partial charge in [-0.2, -0.15) is 0 Å². The molecule has 0 aromatic heterocycles. The first-order valence-electron chi connectivity index (χ1n) is 5.30. The Morgan fingerprint density at radius 2 is 2.06 bits per heavy atom. The van der Waals surface area contributed by atoms with E-state index in [-0.39, 0.29) is 11.8 Å². The van der Waals surface area contributed by atoms with E-state index >= 15 is 0 Å². The maximum Gasteiger partial charge on any atom is 0.308 e. The number of thioether (sulfide) groups is 1. The molecule has 1 aromatic carbocycles. The third kappa shape index (κ3) is 2.23. The largest absolute Gasteiger partial charge is 0.481 e. The number of carboxylic acid groups (broad SMARTS) is 1. The average molecular weight is 237 g/mol. The van der Waals surface area contributed by atoms with Crippen molar-refractivity contribution in [2.45, 2.75) is 10.8 Å². The van der Waals surface area contributed by atoms with Gasteiger partial charge in [0.2, 0.25) is 0 Å². The minimum absolute atomic E-state index is 0.105. The van der Waals surface area contributed by atoms with Gasteiger partial charge in [-0.25, -0.2) is 0 Å². The Hall–Kier alpha value is -1.00. The normalized spacial score (nSPS) is 24.6. The fourth-order valence-electron chi connectivity index (χ4n) is 2.14. The topological polar surface area (TPSA) is 49.3 Å². The Balaban J connectivity index is 2.19. The summed E-state index contributed by atoms with van der Waals surface area (Å²) in [5.74, 6) is -0.891. The van der Waals surface area contributed by atoms with Crippen molar-refractivity contribution in [1.82, 2.24) is 5.32 Å². The number of carbonyl (C=O) groups is 1. The zero-order valence-corrected chi connectivity index (χ0v) is 9.96. The fourth-order valence-corrected chi connectivity index (χ4v) is 2.55. The van der Waals surface area contributed by atoms with Crippen LogP contribution in [0.1, 0.15) is 11.5 Å². The highest BCUT2D eigenvalue weighted by Crippen LogP contribution is 2.29. The SMILES string of the molecule is CSc1ccc(C2CNCC2C(=O)O)cc1. The highest BCUT2D eigenvalue weighted by atomic mass is 32.2. The molecule has 0 aliphatic carbocycles. The van der Waals surface area contributed by atoms with Gasteiger partial charge in [-0.05, 0) is 24.0 Å². The molecule has 1 aliphatic rings. The summed E-state index contributed by atoms with van der Waals surface area (Å²) >= 11 is 1.70. The first-order chi connectivity index (χ1) is 7.72. The summed E-state index contributed by atoms with van der Waals surface area (Å²) in [6.45, 7) is 1.33. The van der Waals surface area contributed by atoms with Crippen molar-refractivity contribution < 1.29 is 9.90 Å². The first kappa shape index (κ1) is 11.5.